The first-order valence-electron chi connectivity index (χ1n) is 26.2. The van der Waals surface area contributed by atoms with Crippen molar-refractivity contribution in [1.82, 2.24) is 14.5 Å². The van der Waals surface area contributed by atoms with Crippen LogP contribution in [-0.2, 0) is 27.7 Å². The van der Waals surface area contributed by atoms with Gasteiger partial charge in [-0.3, -0.25) is 9.55 Å². The van der Waals surface area contributed by atoms with E-state index in [0.29, 0.717) is 11.4 Å². The summed E-state index contributed by atoms with van der Waals surface area (Å²) in [5, 5.41) is 12.7. The van der Waals surface area contributed by atoms with Crippen LogP contribution >= 0.6 is 0 Å². The van der Waals surface area contributed by atoms with Gasteiger partial charge in [0.1, 0.15) is 11.6 Å². The zero-order valence-corrected chi connectivity index (χ0v) is 47.1. The molecule has 0 aliphatic heterocycles. The molecule has 0 spiro atoms. The lowest BCUT2D eigenvalue weighted by atomic mass is 9.79. The van der Waals surface area contributed by atoms with Crippen LogP contribution in [-0.4, -0.2) is 27.7 Å². The predicted octanol–water partition coefficient (Wildman–Crippen LogP) is 18.7. The Morgan fingerprint density at radius 1 is 0.452 bits per heavy atom. The van der Waals surface area contributed by atoms with Crippen LogP contribution in [0.15, 0.2) is 164 Å². The molecule has 0 aliphatic carbocycles. The van der Waals surface area contributed by atoms with Gasteiger partial charge in [-0.1, -0.05) is 212 Å². The Bertz CT molecular complexity index is 3490. The highest BCUT2D eigenvalue weighted by atomic mass is 28.3. The highest BCUT2D eigenvalue weighted by molar-refractivity contribution is 6.75. The summed E-state index contributed by atoms with van der Waals surface area (Å²) in [5.41, 5.74) is 19.9. The Hall–Kier alpha value is -6.82. The first kappa shape index (κ1) is 51.1. The topological polar surface area (TPSA) is 50.9 Å². The average Bonchev–Trinajstić information content (AvgIpc) is 3.72. The van der Waals surface area contributed by atoms with Gasteiger partial charge in [0.15, 0.2) is 0 Å². The number of hydrogen-bond donors (Lipinski definition) is 1. The second-order valence-corrected chi connectivity index (χ2v) is 31.1. The highest BCUT2D eigenvalue weighted by Gasteiger charge is 2.30. The molecule has 5 heteroatoms. The largest absolute Gasteiger partial charge is 0.507 e. The number of pyridine rings is 1. The number of nitrogens with zero attached hydrogens (tertiary/aromatic N) is 3. The average molecular weight is 978 g/mol. The van der Waals surface area contributed by atoms with Crippen molar-refractivity contribution in [2.45, 2.75) is 130 Å². The number of fused-ring (bicyclic) bond motifs is 1. The number of benzene rings is 7. The van der Waals surface area contributed by atoms with Crippen molar-refractivity contribution < 1.29 is 5.11 Å². The standard InChI is InChI=1S/C68H75N3OSi/c1-65(2,3)51-30-32-60(56(40-51)45-25-20-17-21-26-45)71-61-28-22-27-55(62(61)70-64(71)57-41-53(67(7,8)9)42-58(63(57)72)68(10,11)12)48-36-49(38-52(37-48)66(4,5)6)59-39-47(33-34-69-59)46-29-31-54(44-23-18-16-19-24-44)50(35-46)43-73(13,14)15/h16-42,72H,43H2,1-15H3. The molecule has 372 valence electrons. The fraction of sp³-hybridized carbons (Fsp3) is 0.294. The van der Waals surface area contributed by atoms with Crippen LogP contribution in [0.2, 0.25) is 19.6 Å². The van der Waals surface area contributed by atoms with E-state index >= 15 is 0 Å². The maximum atomic E-state index is 12.7. The van der Waals surface area contributed by atoms with Gasteiger partial charge in [0.25, 0.3) is 0 Å². The fourth-order valence-electron chi connectivity index (χ4n) is 10.1. The summed E-state index contributed by atoms with van der Waals surface area (Å²) in [5.74, 6) is 0.960. The van der Waals surface area contributed by atoms with E-state index in [1.807, 2.05) is 6.20 Å². The summed E-state index contributed by atoms with van der Waals surface area (Å²) in [7, 11) is -1.46. The van der Waals surface area contributed by atoms with E-state index in [9.17, 15) is 5.11 Å². The van der Waals surface area contributed by atoms with Gasteiger partial charge in [-0.05, 0) is 132 Å². The lowest BCUT2D eigenvalue weighted by Gasteiger charge is -2.28. The second-order valence-electron chi connectivity index (χ2n) is 25.7. The summed E-state index contributed by atoms with van der Waals surface area (Å²) < 4.78 is 2.31. The first-order chi connectivity index (χ1) is 34.2. The molecule has 73 heavy (non-hydrogen) atoms. The molecule has 0 amide bonds. The van der Waals surface area contributed by atoms with Crippen LogP contribution in [0, 0.1) is 0 Å². The first-order valence-corrected chi connectivity index (χ1v) is 29.9. The Labute approximate surface area is 437 Å². The third-order valence-corrected chi connectivity index (χ3v) is 15.7. The molecule has 0 saturated heterocycles. The van der Waals surface area contributed by atoms with Crippen molar-refractivity contribution in [3.05, 3.63) is 192 Å². The molecule has 0 bridgehead atoms. The molecule has 4 nitrogen and oxygen atoms in total. The van der Waals surface area contributed by atoms with E-state index in [2.05, 4.69) is 265 Å². The van der Waals surface area contributed by atoms with Crippen molar-refractivity contribution in [3.8, 4) is 78.6 Å². The lowest BCUT2D eigenvalue weighted by molar-refractivity contribution is 0.446. The van der Waals surface area contributed by atoms with Gasteiger partial charge < -0.3 is 5.11 Å². The smallest absolute Gasteiger partial charge is 0.149 e. The molecule has 0 fully saturated rings. The van der Waals surface area contributed by atoms with Gasteiger partial charge in [-0.25, -0.2) is 4.98 Å². The quantitative estimate of drug-likeness (QED) is 0.147. The van der Waals surface area contributed by atoms with Gasteiger partial charge in [-0.2, -0.15) is 0 Å². The number of aromatic nitrogens is 3. The van der Waals surface area contributed by atoms with Gasteiger partial charge in [0.2, 0.25) is 0 Å². The van der Waals surface area contributed by atoms with Gasteiger partial charge in [-0.15, -0.1) is 0 Å². The van der Waals surface area contributed by atoms with E-state index in [-0.39, 0.29) is 27.4 Å². The number of aromatic hydroxyl groups is 1. The zero-order valence-electron chi connectivity index (χ0n) is 46.1. The minimum absolute atomic E-state index is 0.0796. The van der Waals surface area contributed by atoms with Crippen molar-refractivity contribution >= 4 is 19.1 Å². The third kappa shape index (κ3) is 10.7. The van der Waals surface area contributed by atoms with E-state index < -0.39 is 8.07 Å². The molecule has 9 aromatic rings. The van der Waals surface area contributed by atoms with E-state index in [0.717, 1.165) is 73.0 Å². The molecule has 2 heterocycles. The van der Waals surface area contributed by atoms with Crippen molar-refractivity contribution in [2.75, 3.05) is 0 Å². The molecular formula is C68H75N3OSi. The predicted molar refractivity (Wildman–Crippen MR) is 315 cm³/mol. The molecule has 7 aromatic carbocycles. The maximum absolute atomic E-state index is 12.7. The highest BCUT2D eigenvalue weighted by Crippen LogP contribution is 2.46. The summed E-state index contributed by atoms with van der Waals surface area (Å²) in [4.78, 5) is 10.8. The number of phenols is 1. The third-order valence-electron chi connectivity index (χ3n) is 14.3. The molecule has 0 saturated carbocycles. The molecule has 0 aliphatic rings. The second kappa shape index (κ2) is 18.9. The molecule has 0 atom stereocenters. The van der Waals surface area contributed by atoms with Crippen LogP contribution < -0.4 is 0 Å². The normalized spacial score (nSPS) is 12.7. The SMILES string of the molecule is CC(C)(C)c1cc(-c2cc(-c3ccc(-c4ccccc4)c(C[Si](C)(C)C)c3)ccn2)cc(-c2cccc3c2nc(-c2cc(C(C)(C)C)cc(C(C)(C)C)c2O)n3-c2ccc(C(C)(C)C)cc2-c2ccccc2)c1. The Kier molecular flexibility index (Phi) is 13.2. The maximum Gasteiger partial charge on any atom is 0.149 e. The summed E-state index contributed by atoms with van der Waals surface area (Å²) in [6.07, 6.45) is 1.96. The van der Waals surface area contributed by atoms with Crippen LogP contribution in [0.4, 0.5) is 0 Å². The van der Waals surface area contributed by atoms with Crippen molar-refractivity contribution in [1.29, 1.82) is 0 Å². The van der Waals surface area contributed by atoms with Crippen LogP contribution in [0.3, 0.4) is 0 Å². The van der Waals surface area contributed by atoms with Gasteiger partial charge in [0.05, 0.1) is 28.0 Å². The van der Waals surface area contributed by atoms with Crippen LogP contribution in [0.5, 0.6) is 5.75 Å². The Morgan fingerprint density at radius 3 is 1.66 bits per heavy atom. The number of rotatable bonds is 9. The fourth-order valence-corrected chi connectivity index (χ4v) is 11.6. The molecule has 1 N–H and O–H groups in total. The minimum atomic E-state index is -1.46. The Morgan fingerprint density at radius 2 is 1.04 bits per heavy atom. The lowest BCUT2D eigenvalue weighted by Crippen LogP contribution is -2.24. The Balaban J connectivity index is 1.29. The number of para-hydroxylation sites is 1. The van der Waals surface area contributed by atoms with Gasteiger partial charge >= 0.3 is 0 Å². The molecule has 2 aromatic heterocycles. The van der Waals surface area contributed by atoms with Crippen LogP contribution in [0.1, 0.15) is 111 Å². The molecule has 0 radical (unpaired) electrons. The van der Waals surface area contributed by atoms with E-state index in [1.54, 1.807) is 0 Å². The summed E-state index contributed by atoms with van der Waals surface area (Å²) in [6, 6.07) is 58.8. The van der Waals surface area contributed by atoms with Crippen molar-refractivity contribution in [2.24, 2.45) is 0 Å². The van der Waals surface area contributed by atoms with Gasteiger partial charge in [0, 0.05) is 36.5 Å². The molecule has 0 unspecified atom stereocenters. The van der Waals surface area contributed by atoms with E-state index in [4.69, 9.17) is 9.97 Å². The zero-order chi connectivity index (χ0) is 52.4. The number of hydrogen-bond acceptors (Lipinski definition) is 3. The summed E-state index contributed by atoms with van der Waals surface area (Å²) >= 11 is 0. The van der Waals surface area contributed by atoms with Crippen LogP contribution in [0.25, 0.3) is 83.9 Å². The van der Waals surface area contributed by atoms with Crippen molar-refractivity contribution in [3.63, 3.8) is 0 Å². The van der Waals surface area contributed by atoms with E-state index in [1.165, 1.54) is 33.4 Å². The molecule has 9 rings (SSSR count). The number of imidazole rings is 1. The molecular weight excluding hydrogens is 903 g/mol. The monoisotopic (exact) mass is 978 g/mol. The minimum Gasteiger partial charge on any atom is -0.507 e. The summed E-state index contributed by atoms with van der Waals surface area (Å²) in [6.45, 7) is 34.3. The number of phenolic OH excluding ortho intramolecular Hbond substituents is 1.